The molecule has 0 spiro atoms. The van der Waals surface area contributed by atoms with E-state index >= 15 is 0 Å². The van der Waals surface area contributed by atoms with Crippen LogP contribution in [0, 0.1) is 0 Å². The topological polar surface area (TPSA) is 45.2 Å². The van der Waals surface area contributed by atoms with E-state index in [1.807, 2.05) is 23.1 Å². The Morgan fingerprint density at radius 2 is 1.85 bits per heavy atom. The minimum atomic E-state index is 0.0330. The predicted octanol–water partition coefficient (Wildman–Crippen LogP) is 5.31. The van der Waals surface area contributed by atoms with Gasteiger partial charge in [0.1, 0.15) is 0 Å². The number of pyridine rings is 1. The minimum Gasteiger partial charge on any atom is -0.383 e. The van der Waals surface area contributed by atoms with Crippen LogP contribution in [-0.2, 0) is 6.42 Å². The van der Waals surface area contributed by atoms with Gasteiger partial charge in [-0.25, -0.2) is 0 Å². The summed E-state index contributed by atoms with van der Waals surface area (Å²) in [5.41, 5.74) is 2.47. The molecule has 1 aromatic heterocycles. The van der Waals surface area contributed by atoms with Gasteiger partial charge in [0.15, 0.2) is 0 Å². The highest BCUT2D eigenvalue weighted by Gasteiger charge is 2.15. The highest BCUT2D eigenvalue weighted by atomic mass is 35.5. The summed E-state index contributed by atoms with van der Waals surface area (Å²) in [4.78, 5) is 18.8. The molecule has 1 N–H and O–H groups in total. The lowest BCUT2D eigenvalue weighted by atomic mass is 10.1. The van der Waals surface area contributed by atoms with E-state index in [9.17, 15) is 4.79 Å². The highest BCUT2D eigenvalue weighted by molar-refractivity contribution is 6.35. The van der Waals surface area contributed by atoms with Gasteiger partial charge in [-0.15, -0.1) is 0 Å². The van der Waals surface area contributed by atoms with E-state index in [-0.39, 0.29) is 5.91 Å². The summed E-state index contributed by atoms with van der Waals surface area (Å²) in [5.74, 6) is 0.0330. The van der Waals surface area contributed by atoms with Gasteiger partial charge in [0.25, 0.3) is 5.91 Å². The molecule has 1 amide bonds. The lowest BCUT2D eigenvalue weighted by Gasteiger charge is -2.21. The molecule has 2 aromatic rings. The molecule has 2 rings (SSSR count). The van der Waals surface area contributed by atoms with Crippen molar-refractivity contribution >= 4 is 34.8 Å². The third kappa shape index (κ3) is 5.89. The summed E-state index contributed by atoms with van der Waals surface area (Å²) in [5, 5.41) is 4.60. The summed E-state index contributed by atoms with van der Waals surface area (Å²) in [6, 6.07) is 7.37. The number of amides is 1. The van der Waals surface area contributed by atoms with Gasteiger partial charge in [0.05, 0.1) is 11.3 Å². The van der Waals surface area contributed by atoms with E-state index in [1.165, 1.54) is 0 Å². The van der Waals surface area contributed by atoms with Gasteiger partial charge >= 0.3 is 0 Å². The third-order valence-corrected chi connectivity index (χ3v) is 4.58. The quantitative estimate of drug-likeness (QED) is 0.627. The maximum Gasteiger partial charge on any atom is 0.255 e. The van der Waals surface area contributed by atoms with Crippen molar-refractivity contribution in [3.63, 3.8) is 0 Å². The first-order chi connectivity index (χ1) is 12.5. The summed E-state index contributed by atoms with van der Waals surface area (Å²) in [6.45, 7) is 6.37. The maximum atomic E-state index is 12.7. The van der Waals surface area contributed by atoms with E-state index < -0.39 is 0 Å². The van der Waals surface area contributed by atoms with Crippen LogP contribution in [0.4, 0.5) is 5.69 Å². The van der Waals surface area contributed by atoms with Crippen LogP contribution in [0.25, 0.3) is 0 Å². The molecular weight excluding hydrogens is 369 g/mol. The number of anilines is 1. The largest absolute Gasteiger partial charge is 0.383 e. The number of hydrogen-bond donors (Lipinski definition) is 1. The number of benzene rings is 1. The average Bonchev–Trinajstić information content (AvgIpc) is 2.63. The van der Waals surface area contributed by atoms with E-state index in [0.717, 1.165) is 43.6 Å². The van der Waals surface area contributed by atoms with Gasteiger partial charge in [-0.2, -0.15) is 0 Å². The molecule has 0 radical (unpaired) electrons. The Labute approximate surface area is 165 Å². The van der Waals surface area contributed by atoms with Gasteiger partial charge in [-0.1, -0.05) is 43.1 Å². The van der Waals surface area contributed by atoms with Gasteiger partial charge < -0.3 is 10.2 Å². The van der Waals surface area contributed by atoms with Gasteiger partial charge in [-0.05, 0) is 43.0 Å². The summed E-state index contributed by atoms with van der Waals surface area (Å²) >= 11 is 12.1. The zero-order chi connectivity index (χ0) is 18.9. The molecule has 0 bridgehead atoms. The first kappa shape index (κ1) is 20.5. The molecule has 0 saturated carbocycles. The summed E-state index contributed by atoms with van der Waals surface area (Å²) in [7, 11) is 0. The van der Waals surface area contributed by atoms with Crippen LogP contribution in [0.5, 0.6) is 0 Å². The number of nitrogens with zero attached hydrogens (tertiary/aromatic N) is 2. The number of rotatable bonds is 9. The Bertz CT molecular complexity index is 731. The monoisotopic (exact) mass is 393 g/mol. The molecule has 0 aliphatic heterocycles. The van der Waals surface area contributed by atoms with Crippen molar-refractivity contribution in [2.75, 3.05) is 25.0 Å². The second kappa shape index (κ2) is 10.4. The summed E-state index contributed by atoms with van der Waals surface area (Å²) < 4.78 is 0. The molecule has 6 heteroatoms. The molecule has 0 unspecified atom stereocenters. The molecule has 0 atom stereocenters. The molecule has 0 fully saturated rings. The Morgan fingerprint density at radius 1 is 1.12 bits per heavy atom. The first-order valence-corrected chi connectivity index (χ1v) is 9.72. The number of aromatic nitrogens is 1. The first-order valence-electron chi connectivity index (χ1n) is 8.97. The van der Waals surface area contributed by atoms with E-state index in [0.29, 0.717) is 22.2 Å². The molecule has 1 heterocycles. The Kier molecular flexibility index (Phi) is 8.20. The number of halogens is 2. The number of carbonyl (C=O) groups is 1. The Balaban J connectivity index is 1.98. The fourth-order valence-corrected chi connectivity index (χ4v) is 3.26. The minimum absolute atomic E-state index is 0.0330. The second-order valence-electron chi connectivity index (χ2n) is 6.17. The molecule has 0 aliphatic rings. The van der Waals surface area contributed by atoms with Crippen LogP contribution in [0.2, 0.25) is 10.0 Å². The predicted molar refractivity (Wildman–Crippen MR) is 109 cm³/mol. The summed E-state index contributed by atoms with van der Waals surface area (Å²) in [6.07, 6.45) is 6.00. The van der Waals surface area contributed by atoms with E-state index in [4.69, 9.17) is 23.2 Å². The van der Waals surface area contributed by atoms with Crippen LogP contribution in [0.15, 0.2) is 36.7 Å². The molecule has 4 nitrogen and oxygen atoms in total. The van der Waals surface area contributed by atoms with Gasteiger partial charge in [0, 0.05) is 42.1 Å². The van der Waals surface area contributed by atoms with Gasteiger partial charge in [-0.3, -0.25) is 9.78 Å². The fraction of sp³-hybridized carbons (Fsp3) is 0.400. The molecule has 0 aliphatic carbocycles. The zero-order valence-electron chi connectivity index (χ0n) is 15.3. The smallest absolute Gasteiger partial charge is 0.255 e. The van der Waals surface area contributed by atoms with Crippen molar-refractivity contribution in [3.05, 3.63) is 57.8 Å². The van der Waals surface area contributed by atoms with E-state index in [1.54, 1.807) is 18.5 Å². The molecule has 140 valence electrons. The lowest BCUT2D eigenvalue weighted by Crippen LogP contribution is -2.32. The highest BCUT2D eigenvalue weighted by Crippen LogP contribution is 2.21. The van der Waals surface area contributed by atoms with Crippen LogP contribution >= 0.6 is 23.2 Å². The third-order valence-electron chi connectivity index (χ3n) is 4.00. The number of nitrogens with one attached hydrogen (secondary N) is 1. The van der Waals surface area contributed by atoms with Crippen LogP contribution in [0.3, 0.4) is 0 Å². The Morgan fingerprint density at radius 3 is 2.50 bits per heavy atom. The SMILES string of the molecule is CCCN(CCC)C(=O)c1cncc(NCCc2ccc(Cl)cc2Cl)c1. The number of hydrogen-bond acceptors (Lipinski definition) is 3. The van der Waals surface area contributed by atoms with Crippen LogP contribution < -0.4 is 5.32 Å². The fourth-order valence-electron chi connectivity index (χ4n) is 2.76. The van der Waals surface area contributed by atoms with Crippen molar-refractivity contribution < 1.29 is 4.79 Å². The molecule has 0 saturated heterocycles. The maximum absolute atomic E-state index is 12.7. The zero-order valence-corrected chi connectivity index (χ0v) is 16.8. The molecule has 1 aromatic carbocycles. The van der Waals surface area contributed by atoms with Crippen molar-refractivity contribution in [2.45, 2.75) is 33.1 Å². The Hall–Kier alpha value is -1.78. The normalized spacial score (nSPS) is 10.6. The van der Waals surface area contributed by atoms with Crippen molar-refractivity contribution in [1.82, 2.24) is 9.88 Å². The number of carbonyl (C=O) groups excluding carboxylic acids is 1. The van der Waals surface area contributed by atoms with E-state index in [2.05, 4.69) is 24.1 Å². The van der Waals surface area contributed by atoms with Crippen molar-refractivity contribution in [1.29, 1.82) is 0 Å². The van der Waals surface area contributed by atoms with Crippen molar-refractivity contribution in [2.24, 2.45) is 0 Å². The molecular formula is C20H25Cl2N3O. The van der Waals surface area contributed by atoms with Crippen LogP contribution in [0.1, 0.15) is 42.6 Å². The second-order valence-corrected chi connectivity index (χ2v) is 7.01. The molecule has 26 heavy (non-hydrogen) atoms. The average molecular weight is 394 g/mol. The van der Waals surface area contributed by atoms with Crippen LogP contribution in [-0.4, -0.2) is 35.4 Å². The van der Waals surface area contributed by atoms with Gasteiger partial charge in [0.2, 0.25) is 0 Å². The lowest BCUT2D eigenvalue weighted by molar-refractivity contribution is 0.0755. The van der Waals surface area contributed by atoms with Crippen molar-refractivity contribution in [3.8, 4) is 0 Å². The standard InChI is InChI=1S/C20H25Cl2N3O/c1-3-9-25(10-4-2)20(26)16-11-18(14-23-13-16)24-8-7-15-5-6-17(21)12-19(15)22/h5-6,11-14,24H,3-4,7-10H2,1-2H3.